The van der Waals surface area contributed by atoms with Gasteiger partial charge in [-0.25, -0.2) is 4.98 Å². The Hall–Kier alpha value is -0.900. The first-order valence-corrected chi connectivity index (χ1v) is 6.41. The number of fused-ring (bicyclic) bond motifs is 1. The molecule has 16 heavy (non-hydrogen) atoms. The number of hydrogen-bond acceptors (Lipinski definition) is 2. The van der Waals surface area contributed by atoms with Crippen LogP contribution >= 0.6 is 15.9 Å². The summed E-state index contributed by atoms with van der Waals surface area (Å²) in [5.41, 5.74) is 1.68. The van der Waals surface area contributed by atoms with Gasteiger partial charge in [0, 0.05) is 28.8 Å². The van der Waals surface area contributed by atoms with Gasteiger partial charge in [0.2, 0.25) is 0 Å². The van der Waals surface area contributed by atoms with Crippen molar-refractivity contribution in [3.63, 3.8) is 0 Å². The van der Waals surface area contributed by atoms with Gasteiger partial charge in [-0.2, -0.15) is 0 Å². The van der Waals surface area contributed by atoms with E-state index in [2.05, 4.69) is 27.8 Å². The van der Waals surface area contributed by atoms with Crippen LogP contribution in [0.1, 0.15) is 35.8 Å². The van der Waals surface area contributed by atoms with Gasteiger partial charge in [-0.3, -0.25) is 4.79 Å². The lowest BCUT2D eigenvalue weighted by molar-refractivity contribution is 0.0693. The van der Waals surface area contributed by atoms with Gasteiger partial charge >= 0.3 is 0 Å². The van der Waals surface area contributed by atoms with Crippen LogP contribution in [0.15, 0.2) is 16.7 Å². The molecule has 1 unspecified atom stereocenters. The van der Waals surface area contributed by atoms with E-state index in [4.69, 9.17) is 0 Å². The van der Waals surface area contributed by atoms with E-state index in [9.17, 15) is 4.79 Å². The summed E-state index contributed by atoms with van der Waals surface area (Å²) >= 11 is 3.39. The second kappa shape index (κ2) is 3.55. The van der Waals surface area contributed by atoms with E-state index < -0.39 is 0 Å². The second-order valence-corrected chi connectivity index (χ2v) is 5.59. The molecule has 1 aliphatic heterocycles. The van der Waals surface area contributed by atoms with Crippen molar-refractivity contribution in [1.82, 2.24) is 9.88 Å². The molecule has 3 nitrogen and oxygen atoms in total. The van der Waals surface area contributed by atoms with Gasteiger partial charge in [-0.05, 0) is 47.7 Å². The number of halogens is 1. The van der Waals surface area contributed by atoms with Crippen molar-refractivity contribution in [3.05, 3.63) is 28.0 Å². The Morgan fingerprint density at radius 2 is 2.31 bits per heavy atom. The Labute approximate surface area is 103 Å². The Balaban J connectivity index is 1.90. The molecule has 2 aliphatic rings. The number of carbonyl (C=O) groups is 1. The summed E-state index contributed by atoms with van der Waals surface area (Å²) in [5.74, 6) is 0.809. The van der Waals surface area contributed by atoms with Gasteiger partial charge in [-0.1, -0.05) is 0 Å². The fraction of sp³-hybridized carbons (Fsp3) is 0.500. The summed E-state index contributed by atoms with van der Waals surface area (Å²) < 4.78 is 0.944. The third-order valence-electron chi connectivity index (χ3n) is 3.53. The minimum atomic E-state index is 0.0990. The molecule has 0 radical (unpaired) electrons. The highest BCUT2D eigenvalue weighted by Crippen LogP contribution is 2.38. The zero-order valence-electron chi connectivity index (χ0n) is 9.11. The van der Waals surface area contributed by atoms with Gasteiger partial charge in [0.15, 0.2) is 0 Å². The quantitative estimate of drug-likeness (QED) is 0.834. The van der Waals surface area contributed by atoms with Crippen LogP contribution in [0.4, 0.5) is 0 Å². The molecule has 1 atom stereocenters. The minimum absolute atomic E-state index is 0.0990. The first-order chi connectivity index (χ1) is 7.66. The summed E-state index contributed by atoms with van der Waals surface area (Å²) in [6.07, 6.45) is 4.22. The molecule has 0 saturated heterocycles. The zero-order chi connectivity index (χ0) is 11.3. The van der Waals surface area contributed by atoms with Gasteiger partial charge in [0.05, 0.1) is 0 Å². The van der Waals surface area contributed by atoms with Crippen LogP contribution in [0.5, 0.6) is 0 Å². The van der Waals surface area contributed by atoms with Gasteiger partial charge in [0.1, 0.15) is 5.69 Å². The van der Waals surface area contributed by atoms with Gasteiger partial charge < -0.3 is 4.90 Å². The van der Waals surface area contributed by atoms with E-state index in [1.54, 1.807) is 6.20 Å². The molecule has 0 bridgehead atoms. The van der Waals surface area contributed by atoms with Crippen molar-refractivity contribution >= 4 is 21.8 Å². The van der Waals surface area contributed by atoms with Crippen LogP contribution in [-0.2, 0) is 6.54 Å². The third kappa shape index (κ3) is 1.56. The van der Waals surface area contributed by atoms with Crippen LogP contribution < -0.4 is 0 Å². The molecule has 2 heterocycles. The number of hydrogen-bond donors (Lipinski definition) is 0. The van der Waals surface area contributed by atoms with E-state index in [0.29, 0.717) is 17.7 Å². The molecule has 84 valence electrons. The monoisotopic (exact) mass is 280 g/mol. The van der Waals surface area contributed by atoms with Crippen LogP contribution in [-0.4, -0.2) is 21.8 Å². The number of nitrogens with zero attached hydrogens (tertiary/aromatic N) is 2. The highest BCUT2D eigenvalue weighted by molar-refractivity contribution is 9.10. The number of pyridine rings is 1. The number of carbonyl (C=O) groups excluding carboxylic acids is 1. The second-order valence-electron chi connectivity index (χ2n) is 4.67. The molecule has 4 heteroatoms. The fourth-order valence-electron chi connectivity index (χ4n) is 2.35. The first kappa shape index (κ1) is 10.3. The van der Waals surface area contributed by atoms with Crippen molar-refractivity contribution in [2.75, 3.05) is 0 Å². The highest BCUT2D eigenvalue weighted by atomic mass is 79.9. The van der Waals surface area contributed by atoms with Crippen molar-refractivity contribution in [1.29, 1.82) is 0 Å². The molecule has 1 aromatic rings. The smallest absolute Gasteiger partial charge is 0.273 e. The summed E-state index contributed by atoms with van der Waals surface area (Å²) in [7, 11) is 0. The average molecular weight is 281 g/mol. The molecule has 0 spiro atoms. The average Bonchev–Trinajstić information content (AvgIpc) is 3.04. The molecular formula is C12H13BrN2O. The molecular weight excluding hydrogens is 268 g/mol. The summed E-state index contributed by atoms with van der Waals surface area (Å²) in [4.78, 5) is 18.3. The molecule has 3 rings (SSSR count). The summed E-state index contributed by atoms with van der Waals surface area (Å²) in [5, 5.41) is 0. The Bertz CT molecular complexity index is 456. The van der Waals surface area contributed by atoms with Crippen molar-refractivity contribution in [3.8, 4) is 0 Å². The number of aromatic nitrogens is 1. The maximum atomic E-state index is 12.1. The van der Waals surface area contributed by atoms with Crippen molar-refractivity contribution in [2.24, 2.45) is 5.92 Å². The lowest BCUT2D eigenvalue weighted by atomic mass is 10.2. The SMILES string of the molecule is CC(C1CC1)N1Cc2cc(Br)cnc2C1=O. The normalized spacial score (nSPS) is 21.1. The summed E-state index contributed by atoms with van der Waals surface area (Å²) in [6, 6.07) is 2.36. The predicted octanol–water partition coefficient (Wildman–Crippen LogP) is 2.60. The number of amides is 1. The van der Waals surface area contributed by atoms with E-state index in [1.807, 2.05) is 11.0 Å². The van der Waals surface area contributed by atoms with E-state index in [1.165, 1.54) is 12.8 Å². The maximum absolute atomic E-state index is 12.1. The highest BCUT2D eigenvalue weighted by Gasteiger charge is 2.39. The minimum Gasteiger partial charge on any atom is -0.330 e. The Kier molecular flexibility index (Phi) is 2.28. The molecule has 1 aromatic heterocycles. The van der Waals surface area contributed by atoms with Crippen LogP contribution in [0.25, 0.3) is 0 Å². The van der Waals surface area contributed by atoms with Crippen LogP contribution in [0.3, 0.4) is 0 Å². The topological polar surface area (TPSA) is 33.2 Å². The lowest BCUT2D eigenvalue weighted by Gasteiger charge is -2.23. The Morgan fingerprint density at radius 3 is 3.00 bits per heavy atom. The molecule has 0 N–H and O–H groups in total. The van der Waals surface area contributed by atoms with Crippen LogP contribution in [0.2, 0.25) is 0 Å². The number of rotatable bonds is 2. The van der Waals surface area contributed by atoms with E-state index >= 15 is 0 Å². The molecule has 1 saturated carbocycles. The maximum Gasteiger partial charge on any atom is 0.273 e. The standard InChI is InChI=1S/C12H13BrN2O/c1-7(8-2-3-8)15-6-9-4-10(13)5-14-11(9)12(15)16/h4-5,7-8H,2-3,6H2,1H3. The molecule has 1 amide bonds. The van der Waals surface area contributed by atoms with Crippen molar-refractivity contribution in [2.45, 2.75) is 32.4 Å². The van der Waals surface area contributed by atoms with Crippen LogP contribution in [0, 0.1) is 5.92 Å². The first-order valence-electron chi connectivity index (χ1n) is 5.62. The lowest BCUT2D eigenvalue weighted by Crippen LogP contribution is -2.34. The van der Waals surface area contributed by atoms with Gasteiger partial charge in [0.25, 0.3) is 5.91 Å². The predicted molar refractivity (Wildman–Crippen MR) is 64.0 cm³/mol. The van der Waals surface area contributed by atoms with E-state index in [0.717, 1.165) is 16.6 Å². The fourth-order valence-corrected chi connectivity index (χ4v) is 2.73. The van der Waals surface area contributed by atoms with Gasteiger partial charge in [-0.15, -0.1) is 0 Å². The zero-order valence-corrected chi connectivity index (χ0v) is 10.7. The molecule has 0 aromatic carbocycles. The molecule has 1 fully saturated rings. The third-order valence-corrected chi connectivity index (χ3v) is 3.97. The molecule has 1 aliphatic carbocycles. The Morgan fingerprint density at radius 1 is 1.56 bits per heavy atom. The van der Waals surface area contributed by atoms with E-state index in [-0.39, 0.29) is 5.91 Å². The largest absolute Gasteiger partial charge is 0.330 e. The summed E-state index contributed by atoms with van der Waals surface area (Å²) in [6.45, 7) is 2.87. The van der Waals surface area contributed by atoms with Crippen molar-refractivity contribution < 1.29 is 4.79 Å².